The fourth-order valence-electron chi connectivity index (χ4n) is 3.75. The summed E-state index contributed by atoms with van der Waals surface area (Å²) in [4.78, 5) is 26.1. The molecule has 7 nitrogen and oxygen atoms in total. The summed E-state index contributed by atoms with van der Waals surface area (Å²) in [5.74, 6) is 2.32. The Morgan fingerprint density at radius 3 is 2.53 bits per heavy atom. The van der Waals surface area contributed by atoms with Crippen LogP contribution in [0, 0.1) is 11.7 Å². The molecule has 0 saturated carbocycles. The molecule has 0 bridgehead atoms. The lowest BCUT2D eigenvalue weighted by atomic mass is 10.1. The summed E-state index contributed by atoms with van der Waals surface area (Å²) >= 11 is 0.965. The largest absolute Gasteiger partial charge is 0.493 e. The number of hydrogen-bond acceptors (Lipinski definition) is 8. The second kappa shape index (κ2) is 11.2. The van der Waals surface area contributed by atoms with Gasteiger partial charge in [-0.2, -0.15) is 0 Å². The van der Waals surface area contributed by atoms with Crippen molar-refractivity contribution in [3.8, 4) is 5.75 Å². The molecule has 0 aliphatic carbocycles. The number of piperazine rings is 1. The van der Waals surface area contributed by atoms with Gasteiger partial charge in [-0.25, -0.2) is 13.7 Å². The Hall–Kier alpha value is -1.97. The van der Waals surface area contributed by atoms with Gasteiger partial charge in [0.2, 0.25) is 5.12 Å². The number of aliphatic imine (C=N–C) groups is 2. The van der Waals surface area contributed by atoms with E-state index in [-0.39, 0.29) is 10.7 Å². The zero-order valence-electron chi connectivity index (χ0n) is 19.7. The van der Waals surface area contributed by atoms with Crippen molar-refractivity contribution in [3.05, 3.63) is 29.6 Å². The average Bonchev–Trinajstić information content (AvgIpc) is 3.24. The zero-order valence-corrected chi connectivity index (χ0v) is 20.5. The van der Waals surface area contributed by atoms with Crippen LogP contribution in [0.3, 0.4) is 0 Å². The van der Waals surface area contributed by atoms with Crippen LogP contribution in [0.1, 0.15) is 37.6 Å². The molecule has 0 aromatic heterocycles. The minimum atomic E-state index is -0.551. The molecule has 1 unspecified atom stereocenters. The van der Waals surface area contributed by atoms with Crippen molar-refractivity contribution in [1.29, 1.82) is 0 Å². The molecule has 32 heavy (non-hydrogen) atoms. The molecule has 9 heteroatoms. The van der Waals surface area contributed by atoms with Gasteiger partial charge in [-0.1, -0.05) is 13.8 Å². The summed E-state index contributed by atoms with van der Waals surface area (Å²) in [6, 6.07) is 4.81. The molecule has 1 fully saturated rings. The molecular formula is C23H34FN5O2S. The van der Waals surface area contributed by atoms with E-state index in [1.807, 2.05) is 0 Å². The first-order chi connectivity index (χ1) is 15.2. The van der Waals surface area contributed by atoms with Gasteiger partial charge in [-0.3, -0.25) is 14.7 Å². The Morgan fingerprint density at radius 1 is 1.22 bits per heavy atom. The fourth-order valence-corrected chi connectivity index (χ4v) is 4.35. The average molecular weight is 464 g/mol. The van der Waals surface area contributed by atoms with Crippen LogP contribution in [0.15, 0.2) is 28.2 Å². The quantitative estimate of drug-likeness (QED) is 0.551. The van der Waals surface area contributed by atoms with Crippen LogP contribution in [0.25, 0.3) is 0 Å². The van der Waals surface area contributed by atoms with Crippen LogP contribution in [0.4, 0.5) is 4.39 Å². The molecule has 0 amide bonds. The van der Waals surface area contributed by atoms with Crippen LogP contribution >= 0.6 is 11.9 Å². The van der Waals surface area contributed by atoms with Gasteiger partial charge in [0.1, 0.15) is 23.2 Å². The number of rotatable bonds is 8. The molecule has 3 rings (SSSR count). The third-order valence-electron chi connectivity index (χ3n) is 5.68. The van der Waals surface area contributed by atoms with Crippen LogP contribution in [-0.2, 0) is 0 Å². The van der Waals surface area contributed by atoms with Crippen LogP contribution in [0.2, 0.25) is 0 Å². The lowest BCUT2D eigenvalue weighted by molar-refractivity contribution is 0.108. The molecule has 0 radical (unpaired) electrons. The molecule has 0 N–H and O–H groups in total. The van der Waals surface area contributed by atoms with Crippen molar-refractivity contribution >= 4 is 28.7 Å². The first-order valence-corrected chi connectivity index (χ1v) is 11.9. The van der Waals surface area contributed by atoms with Gasteiger partial charge in [0.25, 0.3) is 0 Å². The number of halogens is 1. The zero-order chi connectivity index (χ0) is 23.3. The molecule has 2 aliphatic rings. The number of carbonyl (C=O) groups excluding carboxylic acids is 1. The van der Waals surface area contributed by atoms with E-state index in [0.29, 0.717) is 30.9 Å². The Balaban J connectivity index is 1.41. The smallest absolute Gasteiger partial charge is 0.237 e. The van der Waals surface area contributed by atoms with Crippen LogP contribution in [0.5, 0.6) is 5.75 Å². The van der Waals surface area contributed by atoms with Gasteiger partial charge in [-0.15, -0.1) is 0 Å². The van der Waals surface area contributed by atoms with E-state index >= 15 is 0 Å². The maximum absolute atomic E-state index is 14.3. The van der Waals surface area contributed by atoms with Gasteiger partial charge in [0, 0.05) is 56.2 Å². The Kier molecular flexibility index (Phi) is 8.67. The molecule has 1 aromatic carbocycles. The Morgan fingerprint density at radius 2 is 1.94 bits per heavy atom. The highest BCUT2D eigenvalue weighted by molar-refractivity contribution is 8.12. The minimum Gasteiger partial charge on any atom is -0.493 e. The lowest BCUT2D eigenvalue weighted by Gasteiger charge is -2.38. The second-order valence-corrected chi connectivity index (χ2v) is 9.98. The number of ether oxygens (including phenoxy) is 1. The van der Waals surface area contributed by atoms with Crippen LogP contribution < -0.4 is 4.74 Å². The maximum atomic E-state index is 14.3. The summed E-state index contributed by atoms with van der Waals surface area (Å²) in [5, 5.41) is -0.317. The summed E-state index contributed by atoms with van der Waals surface area (Å²) < 4.78 is 21.7. The molecular weight excluding hydrogens is 429 g/mol. The first kappa shape index (κ1) is 24.7. The standard InChI is InChI=1S/C23H34FN5O2S/c1-16(2)22-25-15-21(26-22)29-11-9-28(10-12-29)17(3)8-13-31-18-6-7-19(20(24)14-18)23(30)32-27(4)5/h6-7,14,16-17H,8-13,15H2,1-5H3. The van der Waals surface area contributed by atoms with Crippen molar-refractivity contribution in [1.82, 2.24) is 14.1 Å². The van der Waals surface area contributed by atoms with Crippen molar-refractivity contribution in [2.45, 2.75) is 33.2 Å². The summed E-state index contributed by atoms with van der Waals surface area (Å²) in [5.41, 5.74) is 0.0695. The third kappa shape index (κ3) is 6.52. The van der Waals surface area contributed by atoms with Gasteiger partial charge in [0.15, 0.2) is 0 Å². The number of hydrogen-bond donors (Lipinski definition) is 0. The van der Waals surface area contributed by atoms with E-state index < -0.39 is 5.82 Å². The molecule has 1 atom stereocenters. The molecule has 1 aromatic rings. The normalized spacial score (nSPS) is 18.2. The number of nitrogens with zero attached hydrogens (tertiary/aromatic N) is 5. The van der Waals surface area contributed by atoms with Crippen molar-refractivity contribution < 1.29 is 13.9 Å². The van der Waals surface area contributed by atoms with Crippen molar-refractivity contribution in [3.63, 3.8) is 0 Å². The molecule has 176 valence electrons. The van der Waals surface area contributed by atoms with Crippen molar-refractivity contribution in [2.75, 3.05) is 53.4 Å². The lowest BCUT2D eigenvalue weighted by Crippen LogP contribution is -2.51. The minimum absolute atomic E-state index is 0.0695. The monoisotopic (exact) mass is 463 g/mol. The van der Waals surface area contributed by atoms with Gasteiger partial charge < -0.3 is 9.64 Å². The van der Waals surface area contributed by atoms with E-state index in [2.05, 4.69) is 35.6 Å². The highest BCUT2D eigenvalue weighted by Crippen LogP contribution is 2.22. The van der Waals surface area contributed by atoms with E-state index in [9.17, 15) is 9.18 Å². The number of benzene rings is 1. The van der Waals surface area contributed by atoms with E-state index in [1.165, 1.54) is 12.1 Å². The summed E-state index contributed by atoms with van der Waals surface area (Å²) in [6.45, 7) is 11.5. The van der Waals surface area contributed by atoms with Crippen molar-refractivity contribution in [2.24, 2.45) is 15.9 Å². The summed E-state index contributed by atoms with van der Waals surface area (Å²) in [6.07, 6.45) is 0.848. The topological polar surface area (TPSA) is 60.7 Å². The van der Waals surface area contributed by atoms with E-state index in [0.717, 1.165) is 56.2 Å². The highest BCUT2D eigenvalue weighted by atomic mass is 32.2. The summed E-state index contributed by atoms with van der Waals surface area (Å²) in [7, 11) is 3.50. The Bertz CT molecular complexity index is 866. The van der Waals surface area contributed by atoms with Gasteiger partial charge in [0.05, 0.1) is 18.7 Å². The van der Waals surface area contributed by atoms with E-state index in [4.69, 9.17) is 9.73 Å². The number of carbonyl (C=O) groups is 1. The van der Waals surface area contributed by atoms with E-state index in [1.54, 1.807) is 24.5 Å². The van der Waals surface area contributed by atoms with Gasteiger partial charge in [-0.05, 0) is 39.6 Å². The molecule has 0 spiro atoms. The molecule has 1 saturated heterocycles. The van der Waals surface area contributed by atoms with Gasteiger partial charge >= 0.3 is 0 Å². The van der Waals surface area contributed by atoms with Crippen LogP contribution in [-0.4, -0.2) is 90.4 Å². The third-order valence-corrected chi connectivity index (χ3v) is 6.43. The number of amidine groups is 2. The maximum Gasteiger partial charge on any atom is 0.237 e. The Labute approximate surface area is 194 Å². The SMILES string of the molecule is CC(C)C1=NCC(N2CCN(C(C)CCOc3ccc(C(=O)SN(C)C)c(F)c3)CC2)=N1. The first-order valence-electron chi connectivity index (χ1n) is 11.2. The molecule has 2 aliphatic heterocycles. The molecule has 2 heterocycles. The second-order valence-electron chi connectivity index (χ2n) is 8.70. The predicted molar refractivity (Wildman–Crippen MR) is 129 cm³/mol. The predicted octanol–water partition coefficient (Wildman–Crippen LogP) is 3.42. The highest BCUT2D eigenvalue weighted by Gasteiger charge is 2.25. The fraction of sp³-hybridized carbons (Fsp3) is 0.609.